The quantitative estimate of drug-likeness (QED) is 0.801. The summed E-state index contributed by atoms with van der Waals surface area (Å²) in [7, 11) is 1.71. The number of nitrogens with one attached hydrogen (secondary N) is 1. The highest BCUT2D eigenvalue weighted by molar-refractivity contribution is 5.81. The number of H-pyrrole nitrogens is 1. The highest BCUT2D eigenvalue weighted by Gasteiger charge is 2.35. The van der Waals surface area contributed by atoms with Gasteiger partial charge in [0.25, 0.3) is 5.56 Å². The van der Waals surface area contributed by atoms with Crippen LogP contribution in [0.25, 0.3) is 0 Å². The Balaban J connectivity index is 1.31. The molecule has 1 saturated heterocycles. The van der Waals surface area contributed by atoms with Crippen LogP contribution in [0.3, 0.4) is 0 Å². The van der Waals surface area contributed by atoms with E-state index in [1.54, 1.807) is 7.11 Å². The fourth-order valence-electron chi connectivity index (χ4n) is 4.91. The molecule has 1 atom stereocenters. The molecule has 2 fully saturated rings. The van der Waals surface area contributed by atoms with Crippen LogP contribution >= 0.6 is 0 Å². The first-order valence-corrected chi connectivity index (χ1v) is 11.4. The van der Waals surface area contributed by atoms with E-state index in [2.05, 4.69) is 16.0 Å². The highest BCUT2D eigenvalue weighted by atomic mass is 16.5. The van der Waals surface area contributed by atoms with Gasteiger partial charge >= 0.3 is 0 Å². The van der Waals surface area contributed by atoms with Crippen molar-refractivity contribution in [3.05, 3.63) is 57.3 Å². The number of carbonyl (C=O) groups is 1. The third-order valence-corrected chi connectivity index (χ3v) is 6.80. The first-order chi connectivity index (χ1) is 15.1. The first kappa shape index (κ1) is 20.2. The largest absolute Gasteiger partial charge is 0.496 e. The predicted octanol–water partition coefficient (Wildman–Crippen LogP) is 2.45. The molecule has 31 heavy (non-hydrogen) atoms. The van der Waals surface area contributed by atoms with Gasteiger partial charge in [-0.2, -0.15) is 0 Å². The summed E-state index contributed by atoms with van der Waals surface area (Å²) in [4.78, 5) is 37.5. The van der Waals surface area contributed by atoms with E-state index in [0.29, 0.717) is 25.1 Å². The number of carbonyl (C=O) groups excluding carboxylic acids is 1. The Morgan fingerprint density at radius 3 is 2.87 bits per heavy atom. The van der Waals surface area contributed by atoms with Crippen LogP contribution in [0.2, 0.25) is 0 Å². The van der Waals surface area contributed by atoms with Crippen molar-refractivity contribution in [2.24, 2.45) is 5.92 Å². The van der Waals surface area contributed by atoms with E-state index in [0.717, 1.165) is 62.6 Å². The van der Waals surface area contributed by atoms with Gasteiger partial charge in [0.2, 0.25) is 5.91 Å². The molecule has 1 aromatic carbocycles. The van der Waals surface area contributed by atoms with E-state index < -0.39 is 0 Å². The fourth-order valence-corrected chi connectivity index (χ4v) is 4.91. The van der Waals surface area contributed by atoms with E-state index in [1.807, 2.05) is 23.1 Å². The average Bonchev–Trinajstić information content (AvgIpc) is 3.64. The number of fused-ring (bicyclic) bond motifs is 1. The van der Waals surface area contributed by atoms with Crippen molar-refractivity contribution in [3.63, 3.8) is 0 Å². The minimum atomic E-state index is -0.0739. The van der Waals surface area contributed by atoms with Crippen LogP contribution < -0.4 is 10.3 Å². The molecule has 1 amide bonds. The molecule has 1 saturated carbocycles. The zero-order valence-electron chi connectivity index (χ0n) is 18.1. The van der Waals surface area contributed by atoms with Gasteiger partial charge in [-0.3, -0.25) is 14.5 Å². The molecule has 1 aromatic heterocycles. The molecule has 2 aromatic rings. The van der Waals surface area contributed by atoms with E-state index in [4.69, 9.17) is 9.72 Å². The number of likely N-dealkylation sites (tertiary alicyclic amines) is 1. The van der Waals surface area contributed by atoms with Gasteiger partial charge in [-0.1, -0.05) is 18.2 Å². The van der Waals surface area contributed by atoms with Crippen molar-refractivity contribution < 1.29 is 9.53 Å². The number of methoxy groups -OCH3 is 1. The van der Waals surface area contributed by atoms with Crippen LogP contribution in [0, 0.1) is 5.92 Å². The summed E-state index contributed by atoms with van der Waals surface area (Å²) >= 11 is 0. The van der Waals surface area contributed by atoms with Crippen LogP contribution in [-0.4, -0.2) is 52.4 Å². The molecule has 0 spiro atoms. The Kier molecular flexibility index (Phi) is 5.52. The second-order valence-electron chi connectivity index (χ2n) is 9.05. The molecule has 7 nitrogen and oxygen atoms in total. The molecule has 7 heteroatoms. The highest BCUT2D eigenvalue weighted by Crippen LogP contribution is 2.33. The van der Waals surface area contributed by atoms with E-state index in [-0.39, 0.29) is 23.3 Å². The molecule has 3 heterocycles. The van der Waals surface area contributed by atoms with Crippen molar-refractivity contribution in [1.82, 2.24) is 19.8 Å². The fraction of sp³-hybridized carbons (Fsp3) is 0.542. The summed E-state index contributed by atoms with van der Waals surface area (Å²) in [5.41, 5.74) is 2.65. The number of hydrogen-bond donors (Lipinski definition) is 1. The minimum absolute atomic E-state index is 0.0739. The minimum Gasteiger partial charge on any atom is -0.496 e. The van der Waals surface area contributed by atoms with Gasteiger partial charge in [0.1, 0.15) is 11.6 Å². The van der Waals surface area contributed by atoms with Crippen LogP contribution in [0.1, 0.15) is 54.2 Å². The zero-order valence-corrected chi connectivity index (χ0v) is 18.1. The molecule has 0 unspecified atom stereocenters. The Hall–Kier alpha value is -2.67. The first-order valence-electron chi connectivity index (χ1n) is 11.4. The summed E-state index contributed by atoms with van der Waals surface area (Å²) in [5, 5.41) is 0. The Morgan fingerprint density at radius 2 is 2.06 bits per heavy atom. The summed E-state index contributed by atoms with van der Waals surface area (Å²) in [5.74, 6) is 2.32. The van der Waals surface area contributed by atoms with Crippen molar-refractivity contribution >= 4 is 5.91 Å². The topological polar surface area (TPSA) is 78.5 Å². The van der Waals surface area contributed by atoms with Crippen LogP contribution in [0.15, 0.2) is 29.1 Å². The third-order valence-electron chi connectivity index (χ3n) is 6.80. The van der Waals surface area contributed by atoms with Crippen LogP contribution in [-0.2, 0) is 24.3 Å². The number of hydrogen-bond acceptors (Lipinski definition) is 5. The number of nitrogens with zero attached hydrogens (tertiary/aromatic N) is 3. The van der Waals surface area contributed by atoms with Gasteiger partial charge in [-0.15, -0.1) is 0 Å². The maximum Gasteiger partial charge on any atom is 0.256 e. The maximum absolute atomic E-state index is 12.9. The van der Waals surface area contributed by atoms with Crippen molar-refractivity contribution in [1.29, 1.82) is 0 Å². The van der Waals surface area contributed by atoms with E-state index in [9.17, 15) is 9.59 Å². The monoisotopic (exact) mass is 422 g/mol. The molecule has 1 N–H and O–H groups in total. The van der Waals surface area contributed by atoms with Gasteiger partial charge in [-0.25, -0.2) is 4.98 Å². The number of para-hydroxylation sites is 1. The summed E-state index contributed by atoms with van der Waals surface area (Å²) in [6.45, 7) is 3.79. The van der Waals surface area contributed by atoms with E-state index in [1.165, 1.54) is 5.56 Å². The smallest absolute Gasteiger partial charge is 0.256 e. The Bertz CT molecular complexity index is 1030. The van der Waals surface area contributed by atoms with Crippen LogP contribution in [0.5, 0.6) is 5.75 Å². The summed E-state index contributed by atoms with van der Waals surface area (Å²) in [6, 6.07) is 8.13. The molecule has 1 aliphatic carbocycles. The van der Waals surface area contributed by atoms with Gasteiger partial charge < -0.3 is 14.6 Å². The van der Waals surface area contributed by atoms with Crippen molar-refractivity contribution in [3.8, 4) is 5.75 Å². The number of rotatable bonds is 5. The van der Waals surface area contributed by atoms with Gasteiger partial charge in [0, 0.05) is 43.5 Å². The van der Waals surface area contributed by atoms with Crippen molar-refractivity contribution in [2.75, 3.05) is 26.7 Å². The number of benzene rings is 1. The molecule has 5 rings (SSSR count). The number of amides is 1. The molecule has 3 aliphatic rings. The molecule has 2 aliphatic heterocycles. The second-order valence-corrected chi connectivity index (χ2v) is 9.05. The second kappa shape index (κ2) is 8.46. The zero-order chi connectivity index (χ0) is 21.4. The lowest BCUT2D eigenvalue weighted by atomic mass is 9.96. The molecular formula is C24H30N4O3. The molecule has 164 valence electrons. The number of piperidine rings is 1. The van der Waals surface area contributed by atoms with E-state index >= 15 is 0 Å². The summed E-state index contributed by atoms with van der Waals surface area (Å²) in [6.07, 6.45) is 4.74. The number of aromatic amines is 1. The standard InChI is InChI=1S/C24H30N4O3/c1-31-21-7-3-2-5-17(21)13-27-11-4-6-18(14-27)22-25-20-10-12-28(24(30)16-8-9-16)15-19(20)23(29)26-22/h2-3,5,7,16,18H,4,6,8-15H2,1H3,(H,25,26,29)/t18-/m0/s1. The third kappa shape index (κ3) is 4.24. The summed E-state index contributed by atoms with van der Waals surface area (Å²) < 4.78 is 5.51. The molecule has 0 radical (unpaired) electrons. The number of aromatic nitrogens is 2. The van der Waals surface area contributed by atoms with Crippen molar-refractivity contribution in [2.45, 2.75) is 51.1 Å². The predicted molar refractivity (Wildman–Crippen MR) is 117 cm³/mol. The lowest BCUT2D eigenvalue weighted by Gasteiger charge is -2.33. The van der Waals surface area contributed by atoms with Crippen LogP contribution in [0.4, 0.5) is 0 Å². The molecular weight excluding hydrogens is 392 g/mol. The van der Waals surface area contributed by atoms with Gasteiger partial charge in [-0.05, 0) is 38.3 Å². The average molecular weight is 423 g/mol. The SMILES string of the molecule is COc1ccccc1CN1CCC[C@H](c2nc3c(c(=O)[nH]2)CN(C(=O)C2CC2)CC3)C1. The molecule has 0 bridgehead atoms. The maximum atomic E-state index is 12.9. The normalized spacial score (nSPS) is 21.6. The lowest BCUT2D eigenvalue weighted by molar-refractivity contribution is -0.133. The number of ether oxygens (including phenoxy) is 1. The Labute approximate surface area is 182 Å². The Morgan fingerprint density at radius 1 is 1.23 bits per heavy atom. The van der Waals surface area contributed by atoms with Gasteiger partial charge in [0.15, 0.2) is 0 Å². The lowest BCUT2D eigenvalue weighted by Crippen LogP contribution is -2.41. The van der Waals surface area contributed by atoms with Gasteiger partial charge in [0.05, 0.1) is 24.9 Å².